The molecule has 1 amide bonds. The molecule has 70 valence electrons. The van der Waals surface area contributed by atoms with E-state index in [4.69, 9.17) is 5.26 Å². The molecule has 13 heavy (non-hydrogen) atoms. The summed E-state index contributed by atoms with van der Waals surface area (Å²) in [5.74, 6) is -1.39. The summed E-state index contributed by atoms with van der Waals surface area (Å²) >= 11 is 0. The lowest BCUT2D eigenvalue weighted by molar-refractivity contribution is -0.115. The number of carbonyl (C=O) groups excluding carboxylic acids is 1. The quantitative estimate of drug-likeness (QED) is 0.383. The predicted octanol–water partition coefficient (Wildman–Crippen LogP) is -0.302. The summed E-state index contributed by atoms with van der Waals surface area (Å²) in [6, 6.07) is 1.43. The van der Waals surface area contributed by atoms with Gasteiger partial charge in [0.25, 0.3) is 5.91 Å². The van der Waals surface area contributed by atoms with Gasteiger partial charge in [0, 0.05) is 0 Å². The molecule has 0 aromatic heterocycles. The van der Waals surface area contributed by atoms with Crippen molar-refractivity contribution in [3.63, 3.8) is 0 Å². The third-order valence-corrected chi connectivity index (χ3v) is 2.17. The second-order valence-corrected chi connectivity index (χ2v) is 3.86. The monoisotopic (exact) mass is 200 g/mol. The zero-order valence-electron chi connectivity index (χ0n) is 6.78. The van der Waals surface area contributed by atoms with Crippen LogP contribution in [-0.4, -0.2) is 20.1 Å². The van der Waals surface area contributed by atoms with Gasteiger partial charge in [-0.25, -0.2) is 13.1 Å². The van der Waals surface area contributed by atoms with Gasteiger partial charge in [-0.3, -0.25) is 4.79 Å². The summed E-state index contributed by atoms with van der Waals surface area (Å²) in [5, 5.41) is 8.21. The molecule has 5 nitrogen and oxygen atoms in total. The summed E-state index contributed by atoms with van der Waals surface area (Å²) in [5.41, 5.74) is -0.451. The number of nitrogens with zero attached hydrogens (tertiary/aromatic N) is 1. The first-order chi connectivity index (χ1) is 5.93. The van der Waals surface area contributed by atoms with Crippen LogP contribution in [0.2, 0.25) is 0 Å². The Bertz CT molecular complexity index is 375. The van der Waals surface area contributed by atoms with Gasteiger partial charge in [-0.15, -0.1) is 6.58 Å². The number of nitriles is 1. The van der Waals surface area contributed by atoms with Crippen LogP contribution in [-0.2, 0) is 14.8 Å². The molecule has 0 bridgehead atoms. The van der Waals surface area contributed by atoms with E-state index in [1.54, 1.807) is 4.72 Å². The summed E-state index contributed by atoms with van der Waals surface area (Å²) in [7, 11) is -3.72. The summed E-state index contributed by atoms with van der Waals surface area (Å²) in [6.45, 7) is 6.25. The molecular weight excluding hydrogens is 192 g/mol. The Hall–Kier alpha value is -1.61. The highest BCUT2D eigenvalue weighted by Gasteiger charge is 2.14. The van der Waals surface area contributed by atoms with Crippen LogP contribution < -0.4 is 4.72 Å². The molecule has 0 saturated carbocycles. The SMILES string of the molecule is C=CCS(=O)(=O)NC(=O)C(=C)C#N. The fourth-order valence-electron chi connectivity index (χ4n) is 0.450. The van der Waals surface area contributed by atoms with Crippen molar-refractivity contribution in [2.45, 2.75) is 0 Å². The van der Waals surface area contributed by atoms with E-state index in [2.05, 4.69) is 13.2 Å². The molecule has 0 unspecified atom stereocenters. The maximum absolute atomic E-state index is 10.9. The summed E-state index contributed by atoms with van der Waals surface area (Å²) < 4.78 is 23.5. The number of sulfonamides is 1. The third-order valence-electron chi connectivity index (χ3n) is 0.995. The highest BCUT2D eigenvalue weighted by Crippen LogP contribution is 1.91. The van der Waals surface area contributed by atoms with Crippen molar-refractivity contribution < 1.29 is 13.2 Å². The summed E-state index contributed by atoms with van der Waals surface area (Å²) in [6.07, 6.45) is 1.13. The molecule has 0 aromatic rings. The molecule has 0 fully saturated rings. The molecule has 0 aliphatic heterocycles. The fraction of sp³-hybridized carbons (Fsp3) is 0.143. The van der Waals surface area contributed by atoms with E-state index in [9.17, 15) is 13.2 Å². The maximum Gasteiger partial charge on any atom is 0.274 e. The largest absolute Gasteiger partial charge is 0.274 e. The molecule has 0 saturated heterocycles. The Morgan fingerprint density at radius 2 is 2.15 bits per heavy atom. The lowest BCUT2D eigenvalue weighted by Crippen LogP contribution is -2.32. The number of carbonyl (C=O) groups is 1. The van der Waals surface area contributed by atoms with E-state index in [1.165, 1.54) is 6.07 Å². The lowest BCUT2D eigenvalue weighted by atomic mass is 10.3. The number of amides is 1. The van der Waals surface area contributed by atoms with E-state index in [0.717, 1.165) is 6.08 Å². The van der Waals surface area contributed by atoms with E-state index in [1.807, 2.05) is 0 Å². The van der Waals surface area contributed by atoms with Crippen LogP contribution in [0.25, 0.3) is 0 Å². The van der Waals surface area contributed by atoms with Gasteiger partial charge in [0.1, 0.15) is 11.6 Å². The first-order valence-corrected chi connectivity index (χ1v) is 4.83. The van der Waals surface area contributed by atoms with Gasteiger partial charge in [-0.05, 0) is 0 Å². The molecule has 0 heterocycles. The molecule has 0 radical (unpaired) electrons. The van der Waals surface area contributed by atoms with E-state index in [0.29, 0.717) is 0 Å². The molecule has 0 spiro atoms. The topological polar surface area (TPSA) is 87.0 Å². The minimum atomic E-state index is -3.72. The maximum atomic E-state index is 10.9. The van der Waals surface area contributed by atoms with Crippen molar-refractivity contribution in [2.75, 3.05) is 5.75 Å². The van der Waals surface area contributed by atoms with E-state index < -0.39 is 21.5 Å². The van der Waals surface area contributed by atoms with Crippen LogP contribution in [0.5, 0.6) is 0 Å². The molecule has 6 heteroatoms. The van der Waals surface area contributed by atoms with Crippen molar-refractivity contribution >= 4 is 15.9 Å². The Kier molecular flexibility index (Phi) is 3.88. The minimum Gasteiger partial charge on any atom is -0.267 e. The van der Waals surface area contributed by atoms with Gasteiger partial charge < -0.3 is 0 Å². The van der Waals surface area contributed by atoms with Crippen molar-refractivity contribution in [3.05, 3.63) is 24.8 Å². The average molecular weight is 200 g/mol. The van der Waals surface area contributed by atoms with Crippen LogP contribution in [0.4, 0.5) is 0 Å². The lowest BCUT2D eigenvalue weighted by Gasteiger charge is -2.01. The van der Waals surface area contributed by atoms with Gasteiger partial charge >= 0.3 is 0 Å². The van der Waals surface area contributed by atoms with Crippen molar-refractivity contribution in [1.82, 2.24) is 4.72 Å². The standard InChI is InChI=1S/C7H8N2O3S/c1-3-4-13(11,12)9-7(10)6(2)5-8/h3H,1-2,4H2,(H,9,10). The highest BCUT2D eigenvalue weighted by atomic mass is 32.2. The number of hydrogen-bond donors (Lipinski definition) is 1. The number of hydrogen-bond acceptors (Lipinski definition) is 4. The van der Waals surface area contributed by atoms with Gasteiger partial charge in [-0.2, -0.15) is 5.26 Å². The van der Waals surface area contributed by atoms with E-state index in [-0.39, 0.29) is 5.75 Å². The smallest absolute Gasteiger partial charge is 0.267 e. The molecule has 0 aliphatic carbocycles. The van der Waals surface area contributed by atoms with Crippen LogP contribution in [0.1, 0.15) is 0 Å². The number of rotatable bonds is 4. The Morgan fingerprint density at radius 1 is 1.62 bits per heavy atom. The molecule has 0 aromatic carbocycles. The predicted molar refractivity (Wildman–Crippen MR) is 46.9 cm³/mol. The second-order valence-electron chi connectivity index (χ2n) is 2.09. The summed E-state index contributed by atoms with van der Waals surface area (Å²) in [4.78, 5) is 10.8. The van der Waals surface area contributed by atoms with Crippen molar-refractivity contribution in [3.8, 4) is 6.07 Å². The first-order valence-electron chi connectivity index (χ1n) is 3.17. The van der Waals surface area contributed by atoms with Crippen molar-refractivity contribution in [1.29, 1.82) is 5.26 Å². The zero-order valence-corrected chi connectivity index (χ0v) is 7.60. The Morgan fingerprint density at radius 3 is 2.54 bits per heavy atom. The highest BCUT2D eigenvalue weighted by molar-refractivity contribution is 7.90. The molecule has 1 N–H and O–H groups in total. The molecule has 0 rings (SSSR count). The minimum absolute atomic E-state index is 0.378. The van der Waals surface area contributed by atoms with E-state index >= 15 is 0 Å². The second kappa shape index (κ2) is 4.42. The van der Waals surface area contributed by atoms with Crippen molar-refractivity contribution in [2.24, 2.45) is 0 Å². The van der Waals surface area contributed by atoms with Crippen LogP contribution >= 0.6 is 0 Å². The Labute approximate surface area is 76.4 Å². The third kappa shape index (κ3) is 4.08. The fourth-order valence-corrected chi connectivity index (χ4v) is 1.25. The Balaban J connectivity index is 4.48. The van der Waals surface area contributed by atoms with Gasteiger partial charge in [0.05, 0.1) is 5.75 Å². The molecular formula is C7H8N2O3S. The zero-order chi connectivity index (χ0) is 10.5. The normalized spacial score (nSPS) is 9.77. The number of nitrogens with one attached hydrogen (secondary N) is 1. The van der Waals surface area contributed by atoms with Crippen LogP contribution in [0.3, 0.4) is 0 Å². The first kappa shape index (κ1) is 11.4. The van der Waals surface area contributed by atoms with Crippen LogP contribution in [0, 0.1) is 11.3 Å². The van der Waals surface area contributed by atoms with Gasteiger partial charge in [0.2, 0.25) is 10.0 Å². The van der Waals surface area contributed by atoms with Gasteiger partial charge in [0.15, 0.2) is 0 Å². The average Bonchev–Trinajstić information content (AvgIpc) is 2.01. The van der Waals surface area contributed by atoms with Crippen LogP contribution in [0.15, 0.2) is 24.8 Å². The molecule has 0 aliphatic rings. The molecule has 0 atom stereocenters. The van der Waals surface area contributed by atoms with Gasteiger partial charge in [-0.1, -0.05) is 12.7 Å².